The Hall–Kier alpha value is -3.07. The first-order chi connectivity index (χ1) is 14.7. The Kier molecular flexibility index (Phi) is 6.84. The van der Waals surface area contributed by atoms with Gasteiger partial charge in [0.15, 0.2) is 11.6 Å². The fourth-order valence-electron chi connectivity index (χ4n) is 3.32. The van der Waals surface area contributed by atoms with Gasteiger partial charge < -0.3 is 10.0 Å². The third-order valence-corrected chi connectivity index (χ3v) is 5.08. The van der Waals surface area contributed by atoms with E-state index in [0.717, 1.165) is 11.0 Å². The highest BCUT2D eigenvalue weighted by molar-refractivity contribution is 6.30. The summed E-state index contributed by atoms with van der Waals surface area (Å²) in [6.45, 7) is 2.93. The molecule has 3 rings (SSSR count). The second-order valence-electron chi connectivity index (χ2n) is 7.07. The van der Waals surface area contributed by atoms with Gasteiger partial charge in [0.25, 0.3) is 12.3 Å². The minimum Gasteiger partial charge on any atom is -0.513 e. The molecule has 0 unspecified atom stereocenters. The molecular weight excluding hydrogens is 435 g/mol. The molecule has 1 N–H and O–H groups in total. The summed E-state index contributed by atoms with van der Waals surface area (Å²) in [6, 6.07) is 5.36. The maximum Gasteiger partial charge on any atom is 0.263 e. The van der Waals surface area contributed by atoms with Gasteiger partial charge in [0, 0.05) is 24.7 Å². The predicted octanol–water partition coefficient (Wildman–Crippen LogP) is 4.41. The summed E-state index contributed by atoms with van der Waals surface area (Å²) in [5.74, 6) is -2.41. The molecule has 0 radical (unpaired) electrons. The van der Waals surface area contributed by atoms with E-state index in [-0.39, 0.29) is 41.5 Å². The zero-order valence-corrected chi connectivity index (χ0v) is 17.0. The molecule has 31 heavy (non-hydrogen) atoms. The predicted molar refractivity (Wildman–Crippen MR) is 108 cm³/mol. The maximum atomic E-state index is 14.3. The number of hydrogen-bond acceptors (Lipinski definition) is 4. The van der Waals surface area contributed by atoms with Crippen LogP contribution in [0.5, 0.6) is 0 Å². The molecule has 10 heteroatoms. The molecule has 1 aliphatic rings. The summed E-state index contributed by atoms with van der Waals surface area (Å²) >= 11 is 5.71. The summed E-state index contributed by atoms with van der Waals surface area (Å²) in [7, 11) is 0. The first-order valence-electron chi connectivity index (χ1n) is 9.33. The molecule has 1 saturated heterocycles. The van der Waals surface area contributed by atoms with Crippen molar-refractivity contribution in [1.29, 1.82) is 0 Å². The third-order valence-electron chi connectivity index (χ3n) is 4.88. The van der Waals surface area contributed by atoms with Gasteiger partial charge in [0.2, 0.25) is 5.91 Å². The Morgan fingerprint density at radius 1 is 1.29 bits per heavy atom. The Balaban J connectivity index is 1.89. The lowest BCUT2D eigenvalue weighted by Gasteiger charge is -2.40. The zero-order valence-electron chi connectivity index (χ0n) is 16.3. The molecule has 0 aliphatic carbocycles. The third kappa shape index (κ3) is 5.16. The number of allylic oxidation sites excluding steroid dienone is 1. The van der Waals surface area contributed by atoms with Crippen molar-refractivity contribution in [3.63, 3.8) is 0 Å². The molecule has 2 aromatic rings. The number of amides is 2. The van der Waals surface area contributed by atoms with Crippen molar-refractivity contribution in [2.24, 2.45) is 0 Å². The number of aliphatic hydroxyl groups excluding tert-OH is 1. The molecule has 0 spiro atoms. The van der Waals surface area contributed by atoms with Crippen LogP contribution in [0.2, 0.25) is 5.02 Å². The number of nitrogens with zero attached hydrogens (tertiary/aromatic N) is 3. The van der Waals surface area contributed by atoms with E-state index in [1.54, 1.807) is 0 Å². The number of rotatable bonds is 7. The van der Waals surface area contributed by atoms with Gasteiger partial charge in [0.05, 0.1) is 10.8 Å². The Labute approximate surface area is 181 Å². The van der Waals surface area contributed by atoms with Crippen LogP contribution in [0.15, 0.2) is 48.9 Å². The maximum absolute atomic E-state index is 14.3. The number of hydrogen-bond donors (Lipinski definition) is 1. The average molecular weight is 454 g/mol. The zero-order chi connectivity index (χ0) is 22.7. The minimum absolute atomic E-state index is 0.0129. The van der Waals surface area contributed by atoms with Crippen LogP contribution in [-0.2, 0) is 16.1 Å². The molecule has 1 aromatic heterocycles. The fraction of sp³-hybridized carbons (Fsp3) is 0.286. The molecule has 164 valence electrons. The van der Waals surface area contributed by atoms with Gasteiger partial charge in [-0.25, -0.2) is 18.2 Å². The van der Waals surface area contributed by atoms with E-state index in [1.807, 2.05) is 0 Å². The largest absolute Gasteiger partial charge is 0.513 e. The van der Waals surface area contributed by atoms with Gasteiger partial charge in [-0.05, 0) is 18.1 Å². The monoisotopic (exact) mass is 453 g/mol. The van der Waals surface area contributed by atoms with E-state index in [9.17, 15) is 27.9 Å². The summed E-state index contributed by atoms with van der Waals surface area (Å²) in [4.78, 5) is 32.1. The molecule has 0 saturated carbocycles. The number of piperazine rings is 1. The van der Waals surface area contributed by atoms with E-state index >= 15 is 0 Å². The molecule has 6 nitrogen and oxygen atoms in total. The van der Waals surface area contributed by atoms with Gasteiger partial charge >= 0.3 is 0 Å². The first kappa shape index (κ1) is 22.6. The lowest BCUT2D eigenvalue weighted by atomic mass is 10.0. The normalized spacial score (nSPS) is 16.9. The van der Waals surface area contributed by atoms with Crippen molar-refractivity contribution in [2.45, 2.75) is 31.9 Å². The standard InChI is InChI=1S/C21H19ClF3N3O3/c1-12(29)2-7-17-21(31)28(20-16(23)8-15(22)9-26-20)11-18(30)27(17)10-13-3-5-14(6-4-13)19(24)25/h3-6,8-9,17,19,29H,1-2,7,10-11H2/t17-/m1/s1. The van der Waals surface area contributed by atoms with Crippen LogP contribution < -0.4 is 4.90 Å². The quantitative estimate of drug-likeness (QED) is 0.630. The Morgan fingerprint density at radius 3 is 2.55 bits per heavy atom. The Bertz CT molecular complexity index is 1000. The number of benzene rings is 1. The van der Waals surface area contributed by atoms with Gasteiger partial charge in [-0.3, -0.25) is 14.5 Å². The number of aromatic nitrogens is 1. The van der Waals surface area contributed by atoms with E-state index < -0.39 is 36.6 Å². The number of halogens is 4. The highest BCUT2D eigenvalue weighted by Gasteiger charge is 2.41. The van der Waals surface area contributed by atoms with Crippen LogP contribution in [0.4, 0.5) is 19.0 Å². The summed E-state index contributed by atoms with van der Waals surface area (Å²) in [5, 5.41) is 9.51. The SMILES string of the molecule is C=C(O)CC[C@@H]1C(=O)N(c2ncc(Cl)cc2F)CC(=O)N1Cc1ccc(C(F)F)cc1. The Morgan fingerprint density at radius 2 is 1.97 bits per heavy atom. The second kappa shape index (κ2) is 9.38. The van der Waals surface area contributed by atoms with Gasteiger partial charge in [-0.2, -0.15) is 0 Å². The van der Waals surface area contributed by atoms with Crippen LogP contribution in [0.1, 0.15) is 30.4 Å². The average Bonchev–Trinajstić information content (AvgIpc) is 2.70. The van der Waals surface area contributed by atoms with Gasteiger partial charge in [-0.1, -0.05) is 42.4 Å². The van der Waals surface area contributed by atoms with Crippen LogP contribution in [0.25, 0.3) is 0 Å². The molecule has 0 bridgehead atoms. The van der Waals surface area contributed by atoms with Crippen LogP contribution in [-0.4, -0.2) is 39.4 Å². The van der Waals surface area contributed by atoms with Crippen molar-refractivity contribution in [2.75, 3.05) is 11.4 Å². The topological polar surface area (TPSA) is 73.7 Å². The fourth-order valence-corrected chi connectivity index (χ4v) is 3.47. The summed E-state index contributed by atoms with van der Waals surface area (Å²) in [6.07, 6.45) is -1.37. The lowest BCUT2D eigenvalue weighted by Crippen LogP contribution is -2.60. The molecule has 1 fully saturated rings. The smallest absolute Gasteiger partial charge is 0.263 e. The van der Waals surface area contributed by atoms with Crippen molar-refractivity contribution >= 4 is 29.2 Å². The molecule has 1 aliphatic heterocycles. The number of pyridine rings is 1. The molecular formula is C21H19ClF3N3O3. The van der Waals surface area contributed by atoms with Crippen molar-refractivity contribution in [3.8, 4) is 0 Å². The number of aliphatic hydroxyl groups is 1. The highest BCUT2D eigenvalue weighted by Crippen LogP contribution is 2.27. The van der Waals surface area contributed by atoms with Crippen LogP contribution in [0.3, 0.4) is 0 Å². The van der Waals surface area contributed by atoms with Crippen LogP contribution >= 0.6 is 11.6 Å². The number of carbonyl (C=O) groups excluding carboxylic acids is 2. The number of alkyl halides is 2. The van der Waals surface area contributed by atoms with Crippen molar-refractivity contribution in [1.82, 2.24) is 9.88 Å². The molecule has 2 heterocycles. The van der Waals surface area contributed by atoms with Gasteiger partial charge in [-0.15, -0.1) is 0 Å². The van der Waals surface area contributed by atoms with Crippen molar-refractivity contribution < 1.29 is 27.9 Å². The van der Waals surface area contributed by atoms with E-state index in [1.165, 1.54) is 35.4 Å². The molecule has 1 atom stereocenters. The van der Waals surface area contributed by atoms with Crippen LogP contribution in [0, 0.1) is 5.82 Å². The van der Waals surface area contributed by atoms with E-state index in [2.05, 4.69) is 11.6 Å². The van der Waals surface area contributed by atoms with E-state index in [4.69, 9.17) is 11.6 Å². The molecule has 1 aromatic carbocycles. The number of carbonyl (C=O) groups is 2. The highest BCUT2D eigenvalue weighted by atomic mass is 35.5. The lowest BCUT2D eigenvalue weighted by molar-refractivity contribution is -0.144. The summed E-state index contributed by atoms with van der Waals surface area (Å²) < 4.78 is 39.9. The number of anilines is 1. The van der Waals surface area contributed by atoms with Gasteiger partial charge in [0.1, 0.15) is 12.6 Å². The molecule has 2 amide bonds. The van der Waals surface area contributed by atoms with E-state index in [0.29, 0.717) is 5.56 Å². The second-order valence-corrected chi connectivity index (χ2v) is 7.50. The summed E-state index contributed by atoms with van der Waals surface area (Å²) in [5.41, 5.74) is 0.385. The minimum atomic E-state index is -2.62. The first-order valence-corrected chi connectivity index (χ1v) is 9.70. The van der Waals surface area contributed by atoms with Crippen molar-refractivity contribution in [3.05, 3.63) is 70.8 Å².